The number of alkyl halides is 12. The maximum Gasteiger partial charge on any atom is 0.419 e. The van der Waals surface area contributed by atoms with Crippen LogP contribution in [0.2, 0.25) is 0 Å². The summed E-state index contributed by atoms with van der Waals surface area (Å²) in [5.41, 5.74) is -4.40. The van der Waals surface area contributed by atoms with Crippen molar-refractivity contribution in [1.82, 2.24) is 0 Å². The van der Waals surface area contributed by atoms with Crippen LogP contribution in [0.15, 0.2) is 84.9 Å². The fourth-order valence-corrected chi connectivity index (χ4v) is 11.7. The monoisotopic (exact) mass is 1000 g/mol. The summed E-state index contributed by atoms with van der Waals surface area (Å²) in [7, 11) is -10.3. The number of aldehydes is 1. The molecule has 0 aliphatic heterocycles. The molecule has 6 rings (SSSR count). The quantitative estimate of drug-likeness (QED) is 0.0965. The molecule has 2 heterocycles. The minimum atomic E-state index is -5.19. The molecule has 0 fully saturated rings. The summed E-state index contributed by atoms with van der Waals surface area (Å²) in [6.07, 6.45) is -20.2. The number of hydrogen-bond acceptors (Lipinski definition) is 8. The van der Waals surface area contributed by atoms with Crippen molar-refractivity contribution >= 4 is 79.2 Å². The van der Waals surface area contributed by atoms with Crippen LogP contribution >= 0.6 is 22.7 Å². The molecule has 2 aromatic heterocycles. The van der Waals surface area contributed by atoms with Crippen LogP contribution in [0.1, 0.15) is 38.2 Å². The largest absolute Gasteiger partial charge is 0.419 e. The number of halogens is 14. The molecule has 0 aliphatic rings. The third-order valence-corrected chi connectivity index (χ3v) is 14.7. The number of carbonyl (C=O) groups excluding carboxylic acids is 1. The molecule has 0 saturated heterocycles. The molecule has 0 bridgehead atoms. The summed E-state index contributed by atoms with van der Waals surface area (Å²) in [5.74, 6) is -7.81. The summed E-state index contributed by atoms with van der Waals surface area (Å²) >= 11 is 1.46. The van der Waals surface area contributed by atoms with Crippen molar-refractivity contribution in [3.05, 3.63) is 130 Å². The lowest BCUT2D eigenvalue weighted by atomic mass is 10.1. The number of sulfonamides is 2. The van der Waals surface area contributed by atoms with Gasteiger partial charge in [-0.05, 0) is 47.5 Å². The molecular formula is C38H26F14N2O6S4. The van der Waals surface area contributed by atoms with Crippen molar-refractivity contribution in [3.8, 4) is 0 Å². The number of nitrogens with zero attached hydrogens (tertiary/aromatic N) is 2. The average molecular weight is 1000 g/mol. The van der Waals surface area contributed by atoms with Crippen molar-refractivity contribution < 1.29 is 88.2 Å². The van der Waals surface area contributed by atoms with Gasteiger partial charge in [-0.2, -0.15) is 52.7 Å². The van der Waals surface area contributed by atoms with Gasteiger partial charge < -0.3 is 5.11 Å². The third kappa shape index (κ3) is 11.8. The summed E-state index contributed by atoms with van der Waals surface area (Å²) in [5, 5.41) is 9.77. The number of hydrogen-bond donors (Lipinski definition) is 1. The van der Waals surface area contributed by atoms with E-state index in [9.17, 15) is 88.2 Å². The molecule has 8 nitrogen and oxygen atoms in total. The van der Waals surface area contributed by atoms with Crippen LogP contribution in [0.3, 0.4) is 0 Å². The molecule has 0 spiro atoms. The zero-order valence-corrected chi connectivity index (χ0v) is 34.8. The summed E-state index contributed by atoms with van der Waals surface area (Å²) in [4.78, 5) is 11.7. The van der Waals surface area contributed by atoms with Gasteiger partial charge in [0.15, 0.2) is 17.8 Å². The lowest BCUT2D eigenvalue weighted by Crippen LogP contribution is -2.37. The molecule has 4 aromatic carbocycles. The van der Waals surface area contributed by atoms with Crippen LogP contribution in [-0.4, -0.2) is 52.1 Å². The number of thiophene rings is 2. The first-order valence-electron chi connectivity index (χ1n) is 17.4. The summed E-state index contributed by atoms with van der Waals surface area (Å²) in [6.45, 7) is -2.63. The van der Waals surface area contributed by atoms with Crippen LogP contribution in [0, 0.1) is 11.6 Å². The fraction of sp³-hybridized carbons (Fsp3) is 0.237. The van der Waals surface area contributed by atoms with Crippen molar-refractivity contribution in [2.24, 2.45) is 0 Å². The van der Waals surface area contributed by atoms with E-state index in [0.29, 0.717) is 54.7 Å². The second kappa shape index (κ2) is 18.4. The lowest BCUT2D eigenvalue weighted by molar-refractivity contribution is -0.140. The van der Waals surface area contributed by atoms with Crippen LogP contribution in [0.4, 0.5) is 71.5 Å². The van der Waals surface area contributed by atoms with E-state index in [1.54, 1.807) is 24.3 Å². The van der Waals surface area contributed by atoms with Crippen molar-refractivity contribution in [3.63, 3.8) is 0 Å². The topological polar surface area (TPSA) is 112 Å². The van der Waals surface area contributed by atoms with Gasteiger partial charge in [0.05, 0.1) is 36.4 Å². The van der Waals surface area contributed by atoms with Crippen molar-refractivity contribution in [1.29, 1.82) is 0 Å². The molecule has 0 atom stereocenters. The predicted octanol–water partition coefficient (Wildman–Crippen LogP) is 11.2. The first-order chi connectivity index (χ1) is 29.5. The Labute approximate surface area is 360 Å². The fourth-order valence-electron chi connectivity index (χ4n) is 6.06. The highest BCUT2D eigenvalue weighted by Crippen LogP contribution is 2.43. The maximum absolute atomic E-state index is 13.6. The number of aliphatic hydroxyl groups is 1. The lowest BCUT2D eigenvalue weighted by Gasteiger charge is -2.25. The SMILES string of the molecule is O=Cc1c(N(Cc2ccc(F)c(C(F)(F)F)c2)S(=O)(=O)CC(F)(F)F)sc2ccccc12.O=S(=O)(CC(F)(F)F)N(Cc1ccc(F)c(C(F)(F)F)c1)c1sc2ccccc2c1CO. The van der Waals surface area contributed by atoms with E-state index in [4.69, 9.17) is 0 Å². The number of anilines is 2. The molecule has 6 aromatic rings. The molecule has 64 heavy (non-hydrogen) atoms. The Morgan fingerprint density at radius 2 is 0.953 bits per heavy atom. The van der Waals surface area contributed by atoms with Crippen LogP contribution in [0.5, 0.6) is 0 Å². The van der Waals surface area contributed by atoms with Crippen molar-refractivity contribution in [2.45, 2.75) is 44.4 Å². The van der Waals surface area contributed by atoms with Gasteiger partial charge >= 0.3 is 24.7 Å². The van der Waals surface area contributed by atoms with E-state index in [1.807, 2.05) is 0 Å². The van der Waals surface area contributed by atoms with Gasteiger partial charge in [-0.1, -0.05) is 48.5 Å². The minimum Gasteiger partial charge on any atom is -0.392 e. The zero-order valence-electron chi connectivity index (χ0n) is 31.5. The molecular weight excluding hydrogens is 975 g/mol. The Balaban J connectivity index is 0.000000241. The van der Waals surface area contributed by atoms with Crippen LogP contribution in [-0.2, 0) is 52.1 Å². The number of carbonyl (C=O) groups is 1. The van der Waals surface area contributed by atoms with Gasteiger partial charge in [-0.15, -0.1) is 22.7 Å². The van der Waals surface area contributed by atoms with E-state index in [-0.39, 0.29) is 42.7 Å². The Morgan fingerprint density at radius 3 is 1.36 bits per heavy atom. The van der Waals surface area contributed by atoms with Gasteiger partial charge in [0.2, 0.25) is 20.0 Å². The highest BCUT2D eigenvalue weighted by Gasteiger charge is 2.42. The number of fused-ring (bicyclic) bond motifs is 2. The molecule has 0 radical (unpaired) electrons. The zero-order chi connectivity index (χ0) is 47.8. The Morgan fingerprint density at radius 1 is 0.562 bits per heavy atom. The highest BCUT2D eigenvalue weighted by atomic mass is 32.2. The number of rotatable bonds is 12. The summed E-state index contributed by atoms with van der Waals surface area (Å²) in [6, 6.07) is 15.5. The second-order valence-electron chi connectivity index (χ2n) is 13.4. The van der Waals surface area contributed by atoms with Crippen molar-refractivity contribution in [2.75, 3.05) is 20.1 Å². The van der Waals surface area contributed by atoms with E-state index in [2.05, 4.69) is 0 Å². The van der Waals surface area contributed by atoms with Crippen LogP contribution in [0.25, 0.3) is 20.2 Å². The standard InChI is InChI=1S/C19H14F7NO3S2.C19H12F7NO3S2/c2*20-15-6-5-11(7-14(15)19(24,25)26)8-27(32(29,30)10-18(21,22)23)17-13(9-28)12-3-1-2-4-16(12)31-17/h1-7,28H,8-10H2;1-7,9H,8,10H2. The molecule has 0 aliphatic carbocycles. The minimum absolute atomic E-state index is 0.00880. The Bertz CT molecular complexity index is 2890. The van der Waals surface area contributed by atoms with Gasteiger partial charge in [0.1, 0.15) is 21.6 Å². The first-order valence-corrected chi connectivity index (χ1v) is 22.2. The molecule has 0 amide bonds. The second-order valence-corrected chi connectivity index (χ2v) is 19.2. The Hall–Kier alpha value is -5.05. The van der Waals surface area contributed by atoms with Crippen LogP contribution < -0.4 is 8.61 Å². The normalized spacial score (nSPS) is 12.9. The van der Waals surface area contributed by atoms with Gasteiger partial charge in [-0.3, -0.25) is 13.4 Å². The first kappa shape index (κ1) is 50.0. The molecule has 0 saturated carbocycles. The third-order valence-electron chi connectivity index (χ3n) is 8.71. The molecule has 26 heteroatoms. The smallest absolute Gasteiger partial charge is 0.392 e. The number of benzene rings is 4. The Kier molecular flexibility index (Phi) is 14.4. The van der Waals surface area contributed by atoms with E-state index >= 15 is 0 Å². The van der Waals surface area contributed by atoms with E-state index in [1.165, 1.54) is 24.3 Å². The van der Waals surface area contributed by atoms with E-state index in [0.717, 1.165) is 23.5 Å². The van der Waals surface area contributed by atoms with E-state index < -0.39 is 104 Å². The number of aliphatic hydroxyl groups excluding tert-OH is 1. The van der Waals surface area contributed by atoms with Gasteiger partial charge in [0.25, 0.3) is 0 Å². The predicted molar refractivity (Wildman–Crippen MR) is 210 cm³/mol. The van der Waals surface area contributed by atoms with Gasteiger partial charge in [-0.25, -0.2) is 25.6 Å². The maximum atomic E-state index is 13.6. The molecule has 1 N–H and O–H groups in total. The molecule has 0 unspecified atom stereocenters. The highest BCUT2D eigenvalue weighted by molar-refractivity contribution is 7.93. The molecule has 346 valence electrons. The average Bonchev–Trinajstić information content (AvgIpc) is 3.72. The summed E-state index contributed by atoms with van der Waals surface area (Å²) < 4.78 is 235. The van der Waals surface area contributed by atoms with Gasteiger partial charge in [0, 0.05) is 25.7 Å².